The highest BCUT2D eigenvalue weighted by Gasteiger charge is 2.50. The van der Waals surface area contributed by atoms with Gasteiger partial charge in [-0.05, 0) is 39.2 Å². The maximum absolute atomic E-state index is 12.9. The Labute approximate surface area is 157 Å². The van der Waals surface area contributed by atoms with Crippen molar-refractivity contribution >= 4 is 23.8 Å². The van der Waals surface area contributed by atoms with Gasteiger partial charge in [-0.25, -0.2) is 9.59 Å². The van der Waals surface area contributed by atoms with Gasteiger partial charge in [-0.3, -0.25) is 14.5 Å². The van der Waals surface area contributed by atoms with Gasteiger partial charge in [0.25, 0.3) is 5.91 Å². The number of carboxylic acids is 1. The molecule has 2 unspecified atom stereocenters. The van der Waals surface area contributed by atoms with Gasteiger partial charge in [0.1, 0.15) is 18.1 Å². The number of hydrogen-bond donors (Lipinski definition) is 2. The van der Waals surface area contributed by atoms with Crippen molar-refractivity contribution in [1.82, 2.24) is 15.1 Å². The van der Waals surface area contributed by atoms with E-state index in [2.05, 4.69) is 5.32 Å². The normalized spacial score (nSPS) is 23.1. The molecule has 0 radical (unpaired) electrons. The summed E-state index contributed by atoms with van der Waals surface area (Å²) in [6.07, 6.45) is 1.45. The first kappa shape index (κ1) is 18.9. The summed E-state index contributed by atoms with van der Waals surface area (Å²) in [5.74, 6) is -2.18. The molecule has 0 spiro atoms. The molecule has 1 saturated heterocycles. The molecule has 0 bridgehead atoms. The van der Waals surface area contributed by atoms with E-state index >= 15 is 0 Å². The summed E-state index contributed by atoms with van der Waals surface area (Å²) in [4.78, 5) is 51.5. The predicted molar refractivity (Wildman–Crippen MR) is 95.7 cm³/mol. The quantitative estimate of drug-likeness (QED) is 0.729. The Hall–Kier alpha value is -2.90. The summed E-state index contributed by atoms with van der Waals surface area (Å²) in [5.41, 5.74) is 0.390. The van der Waals surface area contributed by atoms with Gasteiger partial charge in [-0.15, -0.1) is 0 Å². The van der Waals surface area contributed by atoms with Gasteiger partial charge < -0.3 is 15.3 Å². The third-order valence-electron chi connectivity index (χ3n) is 5.20. The number of aryl methyl sites for hydroxylation is 1. The standard InChI is InChI=1S/C19H23N3O5/c1-11-4-6-13(7-5-11)19(3)17(26)21(18(27)20-19)10-15(23)22(14-8-9-14)12(2)16(24)25/h4-7,12,14H,8-10H2,1-3H3,(H,20,27)(H,24,25). The van der Waals surface area contributed by atoms with Gasteiger partial charge in [0, 0.05) is 6.04 Å². The predicted octanol–water partition coefficient (Wildman–Crippen LogP) is 1.23. The Bertz CT molecular complexity index is 802. The first-order valence-electron chi connectivity index (χ1n) is 8.90. The minimum atomic E-state index is -1.26. The summed E-state index contributed by atoms with van der Waals surface area (Å²) in [5, 5.41) is 11.9. The largest absolute Gasteiger partial charge is 0.480 e. The fourth-order valence-corrected chi connectivity index (χ4v) is 3.35. The second-order valence-corrected chi connectivity index (χ2v) is 7.36. The molecule has 2 N–H and O–H groups in total. The van der Waals surface area contributed by atoms with Crippen LogP contribution in [0.3, 0.4) is 0 Å². The van der Waals surface area contributed by atoms with Crippen molar-refractivity contribution < 1.29 is 24.3 Å². The lowest BCUT2D eigenvalue weighted by Gasteiger charge is -2.28. The molecule has 1 aliphatic heterocycles. The van der Waals surface area contributed by atoms with Crippen molar-refractivity contribution in [3.63, 3.8) is 0 Å². The zero-order valence-corrected chi connectivity index (χ0v) is 15.6. The summed E-state index contributed by atoms with van der Waals surface area (Å²) in [6.45, 7) is 4.48. The summed E-state index contributed by atoms with van der Waals surface area (Å²) < 4.78 is 0. The fraction of sp³-hybridized carbons (Fsp3) is 0.474. The molecule has 3 rings (SSSR count). The van der Waals surface area contributed by atoms with Crippen LogP contribution in [0.1, 0.15) is 37.8 Å². The van der Waals surface area contributed by atoms with E-state index in [-0.39, 0.29) is 6.04 Å². The molecule has 2 aliphatic rings. The molecule has 1 heterocycles. The number of nitrogens with zero attached hydrogens (tertiary/aromatic N) is 2. The number of nitrogens with one attached hydrogen (secondary N) is 1. The second-order valence-electron chi connectivity index (χ2n) is 7.36. The van der Waals surface area contributed by atoms with E-state index in [4.69, 9.17) is 0 Å². The van der Waals surface area contributed by atoms with E-state index in [1.807, 2.05) is 19.1 Å². The molecule has 2 atom stereocenters. The summed E-state index contributed by atoms with van der Waals surface area (Å²) >= 11 is 0. The van der Waals surface area contributed by atoms with Crippen LogP contribution in [0.4, 0.5) is 4.79 Å². The topological polar surface area (TPSA) is 107 Å². The van der Waals surface area contributed by atoms with Gasteiger partial charge in [0.2, 0.25) is 5.91 Å². The third-order valence-corrected chi connectivity index (χ3v) is 5.20. The van der Waals surface area contributed by atoms with Crippen LogP contribution in [0.2, 0.25) is 0 Å². The number of carboxylic acid groups (broad SMARTS) is 1. The van der Waals surface area contributed by atoms with E-state index in [0.29, 0.717) is 5.56 Å². The zero-order valence-electron chi connectivity index (χ0n) is 15.6. The van der Waals surface area contributed by atoms with Crippen molar-refractivity contribution in [2.45, 2.75) is 51.2 Å². The number of imide groups is 1. The van der Waals surface area contributed by atoms with Gasteiger partial charge >= 0.3 is 12.0 Å². The summed E-state index contributed by atoms with van der Waals surface area (Å²) in [7, 11) is 0. The lowest BCUT2D eigenvalue weighted by Crippen LogP contribution is -2.50. The number of hydrogen-bond acceptors (Lipinski definition) is 4. The maximum Gasteiger partial charge on any atom is 0.326 e. The van der Waals surface area contributed by atoms with Crippen LogP contribution < -0.4 is 5.32 Å². The first-order valence-corrected chi connectivity index (χ1v) is 8.90. The van der Waals surface area contributed by atoms with Crippen LogP contribution >= 0.6 is 0 Å². The van der Waals surface area contributed by atoms with Crippen LogP contribution in [0.15, 0.2) is 24.3 Å². The lowest BCUT2D eigenvalue weighted by atomic mass is 9.91. The molecular formula is C19H23N3O5. The Morgan fingerprint density at radius 2 is 1.89 bits per heavy atom. The highest BCUT2D eigenvalue weighted by molar-refractivity contribution is 6.09. The number of amides is 4. The van der Waals surface area contributed by atoms with Crippen molar-refractivity contribution in [2.24, 2.45) is 0 Å². The molecule has 144 valence electrons. The van der Waals surface area contributed by atoms with Gasteiger partial charge in [0.05, 0.1) is 0 Å². The number of aliphatic carboxylic acids is 1. The minimum Gasteiger partial charge on any atom is -0.480 e. The molecular weight excluding hydrogens is 350 g/mol. The van der Waals surface area contributed by atoms with Gasteiger partial charge in [0.15, 0.2) is 0 Å². The molecule has 8 nitrogen and oxygen atoms in total. The van der Waals surface area contributed by atoms with Crippen molar-refractivity contribution in [3.05, 3.63) is 35.4 Å². The molecule has 1 aromatic rings. The molecule has 1 aliphatic carbocycles. The van der Waals surface area contributed by atoms with Crippen LogP contribution in [0.25, 0.3) is 0 Å². The first-order chi connectivity index (χ1) is 12.6. The second kappa shape index (κ2) is 6.68. The zero-order chi connectivity index (χ0) is 19.9. The Morgan fingerprint density at radius 1 is 1.30 bits per heavy atom. The molecule has 2 fully saturated rings. The van der Waals surface area contributed by atoms with Gasteiger partial charge in [-0.2, -0.15) is 0 Å². The summed E-state index contributed by atoms with van der Waals surface area (Å²) in [6, 6.07) is 5.41. The molecule has 1 saturated carbocycles. The van der Waals surface area contributed by atoms with Crippen molar-refractivity contribution in [2.75, 3.05) is 6.54 Å². The van der Waals surface area contributed by atoms with Crippen LogP contribution in [0.5, 0.6) is 0 Å². The maximum atomic E-state index is 12.9. The highest BCUT2D eigenvalue weighted by Crippen LogP contribution is 2.31. The van der Waals surface area contributed by atoms with E-state index in [1.54, 1.807) is 19.1 Å². The minimum absolute atomic E-state index is 0.146. The van der Waals surface area contributed by atoms with E-state index in [0.717, 1.165) is 23.3 Å². The van der Waals surface area contributed by atoms with E-state index in [9.17, 15) is 24.3 Å². The van der Waals surface area contributed by atoms with Crippen LogP contribution in [0, 0.1) is 6.92 Å². The van der Waals surface area contributed by atoms with E-state index < -0.39 is 41.9 Å². The number of urea groups is 1. The number of rotatable bonds is 6. The van der Waals surface area contributed by atoms with Crippen LogP contribution in [-0.2, 0) is 19.9 Å². The lowest BCUT2D eigenvalue weighted by molar-refractivity contribution is -0.151. The smallest absolute Gasteiger partial charge is 0.326 e. The Balaban J connectivity index is 1.80. The molecule has 4 amide bonds. The number of benzene rings is 1. The van der Waals surface area contributed by atoms with Crippen molar-refractivity contribution in [3.8, 4) is 0 Å². The Kier molecular flexibility index (Phi) is 4.67. The van der Waals surface area contributed by atoms with Gasteiger partial charge in [-0.1, -0.05) is 29.8 Å². The monoisotopic (exact) mass is 373 g/mol. The molecule has 8 heteroatoms. The molecule has 0 aromatic heterocycles. The number of carbonyl (C=O) groups excluding carboxylic acids is 3. The Morgan fingerprint density at radius 3 is 2.41 bits per heavy atom. The number of carbonyl (C=O) groups is 4. The fourth-order valence-electron chi connectivity index (χ4n) is 3.35. The van der Waals surface area contributed by atoms with Crippen molar-refractivity contribution in [1.29, 1.82) is 0 Å². The van der Waals surface area contributed by atoms with Crippen LogP contribution in [-0.4, -0.2) is 57.3 Å². The molecule has 1 aromatic carbocycles. The highest BCUT2D eigenvalue weighted by atomic mass is 16.4. The third kappa shape index (κ3) is 3.39. The van der Waals surface area contributed by atoms with E-state index in [1.165, 1.54) is 11.8 Å². The SMILES string of the molecule is Cc1ccc(C2(C)NC(=O)N(CC(=O)N(C3CC3)C(C)C(=O)O)C2=O)cc1. The average Bonchev–Trinajstić information content (AvgIpc) is 3.40. The average molecular weight is 373 g/mol. The molecule has 27 heavy (non-hydrogen) atoms.